The van der Waals surface area contributed by atoms with Gasteiger partial charge in [0.15, 0.2) is 23.5 Å². The molecular weight excluding hydrogens is 526 g/mol. The van der Waals surface area contributed by atoms with Crippen LogP contribution in [0.3, 0.4) is 0 Å². The fourth-order valence-corrected chi connectivity index (χ4v) is 5.65. The van der Waals surface area contributed by atoms with Crippen LogP contribution in [0, 0.1) is 6.92 Å². The molecule has 0 spiro atoms. The second-order valence-corrected chi connectivity index (χ2v) is 10.2. The maximum absolute atomic E-state index is 6.24. The lowest BCUT2D eigenvalue weighted by atomic mass is 9.95. The number of methoxy groups -OCH3 is 2. The van der Waals surface area contributed by atoms with Crippen LogP contribution in [-0.4, -0.2) is 51.5 Å². The number of hydrogen-bond acceptors (Lipinski definition) is 8. The summed E-state index contributed by atoms with van der Waals surface area (Å²) in [6, 6.07) is 21.9. The van der Waals surface area contributed by atoms with Crippen molar-refractivity contribution in [2.24, 2.45) is 5.10 Å². The van der Waals surface area contributed by atoms with Crippen LogP contribution in [0.2, 0.25) is 5.02 Å². The van der Waals surface area contributed by atoms with Gasteiger partial charge in [-0.3, -0.25) is 0 Å². The summed E-state index contributed by atoms with van der Waals surface area (Å²) in [7, 11) is 3.31. The Bertz CT molecular complexity index is 1770. The molecular formula is C30H26ClN7O2. The Morgan fingerprint density at radius 1 is 0.900 bits per heavy atom. The SMILES string of the molecule is COc1cc2c(cc1OC)C1N(CC2)C(c2nnc(C)c3nn(-c4ccccc4)cc23)=NN1c1ccc(Cl)cc1. The second kappa shape index (κ2) is 9.53. The predicted molar refractivity (Wildman–Crippen MR) is 155 cm³/mol. The van der Waals surface area contributed by atoms with E-state index in [9.17, 15) is 0 Å². The molecule has 0 bridgehead atoms. The smallest absolute Gasteiger partial charge is 0.179 e. The molecule has 9 nitrogen and oxygen atoms in total. The molecule has 0 fully saturated rings. The lowest BCUT2D eigenvalue weighted by molar-refractivity contribution is 0.311. The quantitative estimate of drug-likeness (QED) is 0.284. The molecule has 2 aromatic heterocycles. The van der Waals surface area contributed by atoms with E-state index < -0.39 is 0 Å². The van der Waals surface area contributed by atoms with Gasteiger partial charge in [-0.1, -0.05) is 29.8 Å². The number of hydrazone groups is 1. The third-order valence-corrected chi connectivity index (χ3v) is 7.73. The van der Waals surface area contributed by atoms with E-state index in [1.807, 2.05) is 77.4 Å². The van der Waals surface area contributed by atoms with Gasteiger partial charge in [0.05, 0.1) is 36.7 Å². The van der Waals surface area contributed by atoms with E-state index in [0.717, 1.165) is 52.3 Å². The first kappa shape index (κ1) is 24.4. The van der Waals surface area contributed by atoms with Crippen LogP contribution < -0.4 is 14.5 Å². The number of para-hydroxylation sites is 1. The average Bonchev–Trinajstić information content (AvgIpc) is 3.61. The standard InChI is InChI=1S/C30H26ClN7O2/c1-18-27-24(17-37(34-27)21-7-5-4-6-8-21)28(33-32-18)29-35-38(22-11-9-20(31)10-12-22)30-23-16-26(40-3)25(39-2)15-19(23)13-14-36(29)30/h4-12,15-17,30H,13-14H2,1-3H3. The first-order valence-corrected chi connectivity index (χ1v) is 13.4. The van der Waals surface area contributed by atoms with Crippen molar-refractivity contribution in [3.05, 3.63) is 100 Å². The van der Waals surface area contributed by atoms with Gasteiger partial charge in [-0.25, -0.2) is 9.69 Å². The Kier molecular flexibility index (Phi) is 5.82. The predicted octanol–water partition coefficient (Wildman–Crippen LogP) is 5.53. The van der Waals surface area contributed by atoms with Crippen LogP contribution in [0.15, 0.2) is 78.0 Å². The maximum Gasteiger partial charge on any atom is 0.179 e. The van der Waals surface area contributed by atoms with Crippen LogP contribution >= 0.6 is 11.6 Å². The van der Waals surface area contributed by atoms with E-state index >= 15 is 0 Å². The van der Waals surface area contributed by atoms with E-state index in [0.29, 0.717) is 22.2 Å². The molecule has 0 saturated carbocycles. The van der Waals surface area contributed by atoms with Gasteiger partial charge in [-0.05, 0) is 67.4 Å². The normalized spacial score (nSPS) is 16.1. The largest absolute Gasteiger partial charge is 0.493 e. The highest BCUT2D eigenvalue weighted by atomic mass is 35.5. The number of halogens is 1. The third-order valence-electron chi connectivity index (χ3n) is 7.48. The summed E-state index contributed by atoms with van der Waals surface area (Å²) in [5.74, 6) is 2.13. The minimum atomic E-state index is -0.220. The number of anilines is 1. The summed E-state index contributed by atoms with van der Waals surface area (Å²) < 4.78 is 13.2. The second-order valence-electron chi connectivity index (χ2n) is 9.77. The number of aromatic nitrogens is 4. The molecule has 2 aliphatic heterocycles. The van der Waals surface area contributed by atoms with Crippen molar-refractivity contribution in [1.82, 2.24) is 24.9 Å². The van der Waals surface area contributed by atoms with Gasteiger partial charge in [0.25, 0.3) is 0 Å². The van der Waals surface area contributed by atoms with Gasteiger partial charge in [0.1, 0.15) is 11.2 Å². The van der Waals surface area contributed by atoms with Gasteiger partial charge in [0.2, 0.25) is 0 Å². The molecule has 0 saturated heterocycles. The molecule has 2 aliphatic rings. The Morgan fingerprint density at radius 3 is 2.40 bits per heavy atom. The minimum absolute atomic E-state index is 0.220. The van der Waals surface area contributed by atoms with Gasteiger partial charge in [0, 0.05) is 23.3 Å². The van der Waals surface area contributed by atoms with Crippen molar-refractivity contribution in [3.8, 4) is 17.2 Å². The number of ether oxygens (including phenoxy) is 2. The molecule has 0 N–H and O–H groups in total. The number of hydrogen-bond donors (Lipinski definition) is 0. The molecule has 0 aliphatic carbocycles. The lowest BCUT2D eigenvalue weighted by Crippen LogP contribution is -2.41. The molecule has 3 aromatic carbocycles. The molecule has 1 atom stereocenters. The molecule has 4 heterocycles. The van der Waals surface area contributed by atoms with E-state index in [-0.39, 0.29) is 6.17 Å². The van der Waals surface area contributed by atoms with Crippen molar-refractivity contribution in [2.45, 2.75) is 19.5 Å². The molecule has 5 aromatic rings. The van der Waals surface area contributed by atoms with Crippen molar-refractivity contribution in [2.75, 3.05) is 25.8 Å². The molecule has 200 valence electrons. The van der Waals surface area contributed by atoms with Gasteiger partial charge < -0.3 is 14.4 Å². The Hall–Kier alpha value is -4.63. The fourth-order valence-electron chi connectivity index (χ4n) is 5.52. The number of fused-ring (bicyclic) bond motifs is 4. The Balaban J connectivity index is 1.41. The molecule has 10 heteroatoms. The highest BCUT2D eigenvalue weighted by Crippen LogP contribution is 2.45. The summed E-state index contributed by atoms with van der Waals surface area (Å²) in [5.41, 5.74) is 6.40. The highest BCUT2D eigenvalue weighted by Gasteiger charge is 2.42. The zero-order valence-electron chi connectivity index (χ0n) is 22.2. The van der Waals surface area contributed by atoms with Crippen molar-refractivity contribution < 1.29 is 9.47 Å². The van der Waals surface area contributed by atoms with Crippen LogP contribution in [-0.2, 0) is 6.42 Å². The fraction of sp³-hybridized carbons (Fsp3) is 0.200. The number of benzene rings is 3. The number of aryl methyl sites for hydroxylation is 1. The lowest BCUT2D eigenvalue weighted by Gasteiger charge is -2.37. The third kappa shape index (κ3) is 3.84. The Labute approximate surface area is 236 Å². The number of nitrogens with zero attached hydrogens (tertiary/aromatic N) is 7. The summed E-state index contributed by atoms with van der Waals surface area (Å²) in [5, 5.41) is 22.8. The zero-order valence-corrected chi connectivity index (χ0v) is 23.0. The first-order valence-electron chi connectivity index (χ1n) is 13.0. The van der Waals surface area contributed by atoms with Crippen LogP contribution in [0.4, 0.5) is 5.69 Å². The topological polar surface area (TPSA) is 80.9 Å². The van der Waals surface area contributed by atoms with Crippen molar-refractivity contribution >= 4 is 34.0 Å². The van der Waals surface area contributed by atoms with Gasteiger partial charge in [-0.15, -0.1) is 10.2 Å². The van der Waals surface area contributed by atoms with Crippen LogP contribution in [0.1, 0.15) is 28.7 Å². The van der Waals surface area contributed by atoms with E-state index in [1.54, 1.807) is 14.2 Å². The van der Waals surface area contributed by atoms with Crippen molar-refractivity contribution in [1.29, 1.82) is 0 Å². The summed E-state index contributed by atoms with van der Waals surface area (Å²) in [6.07, 6.45) is 2.60. The monoisotopic (exact) mass is 551 g/mol. The Morgan fingerprint density at radius 2 is 1.65 bits per heavy atom. The molecule has 7 rings (SSSR count). The van der Waals surface area contributed by atoms with Gasteiger partial charge >= 0.3 is 0 Å². The number of rotatable bonds is 5. The summed E-state index contributed by atoms with van der Waals surface area (Å²) in [4.78, 5) is 2.28. The van der Waals surface area contributed by atoms with Crippen LogP contribution in [0.25, 0.3) is 16.6 Å². The van der Waals surface area contributed by atoms with Crippen molar-refractivity contribution in [3.63, 3.8) is 0 Å². The van der Waals surface area contributed by atoms with Gasteiger partial charge in [-0.2, -0.15) is 10.2 Å². The first-order chi connectivity index (χ1) is 19.6. The van der Waals surface area contributed by atoms with E-state index in [2.05, 4.69) is 27.2 Å². The zero-order chi connectivity index (χ0) is 27.4. The number of amidine groups is 1. The molecule has 40 heavy (non-hydrogen) atoms. The van der Waals surface area contributed by atoms with E-state index in [1.165, 1.54) is 5.56 Å². The van der Waals surface area contributed by atoms with E-state index in [4.69, 9.17) is 31.3 Å². The molecule has 0 radical (unpaired) electrons. The molecule has 1 unspecified atom stereocenters. The molecule has 0 amide bonds. The highest BCUT2D eigenvalue weighted by molar-refractivity contribution is 6.30. The van der Waals surface area contributed by atoms with Crippen LogP contribution in [0.5, 0.6) is 11.5 Å². The summed E-state index contributed by atoms with van der Waals surface area (Å²) >= 11 is 6.24. The maximum atomic E-state index is 6.24. The average molecular weight is 552 g/mol. The minimum Gasteiger partial charge on any atom is -0.493 e. The summed E-state index contributed by atoms with van der Waals surface area (Å²) in [6.45, 7) is 2.66.